The average molecular weight is 426 g/mol. The number of aliphatic hydroxyl groups excluding tert-OH is 1. The van der Waals surface area contributed by atoms with E-state index >= 15 is 0 Å². The third kappa shape index (κ3) is 2.85. The van der Waals surface area contributed by atoms with Gasteiger partial charge in [0.2, 0.25) is 0 Å². The Balaban J connectivity index is 1.81. The van der Waals surface area contributed by atoms with E-state index in [4.69, 9.17) is 9.47 Å². The highest BCUT2D eigenvalue weighted by molar-refractivity contribution is 6.91. The number of fused-ring (bicyclic) bond motifs is 2. The third-order valence-corrected chi connectivity index (χ3v) is 11.6. The maximum atomic E-state index is 13.6. The summed E-state index contributed by atoms with van der Waals surface area (Å²) in [5, 5.41) is 11.1. The molecule has 2 heterocycles. The quantitative estimate of drug-likeness (QED) is 0.747. The minimum absolute atomic E-state index is 0.00108. The molecule has 2 aromatic carbocycles. The number of para-hydroxylation sites is 1. The van der Waals surface area contributed by atoms with Gasteiger partial charge in [0.15, 0.2) is 5.60 Å². The van der Waals surface area contributed by atoms with Crippen molar-refractivity contribution >= 4 is 24.9 Å². The second-order valence-electron chi connectivity index (χ2n) is 9.05. The number of anilines is 1. The molecule has 1 N–H and O–H groups in total. The number of carbonyl (C=O) groups excluding carboxylic acids is 1. The zero-order valence-corrected chi connectivity index (χ0v) is 19.4. The summed E-state index contributed by atoms with van der Waals surface area (Å²) in [5.41, 5.74) is 1.07. The largest absolute Gasteiger partial charge is 0.497 e. The SMILES string of the molecule is COc1ccc([Si](C)(C)[C@@H]2[C@@H](CCO)O[C@]3(C(=O)N(C)c4ccccc43)[C@H]2C)cc1. The van der Waals surface area contributed by atoms with Crippen LogP contribution in [0.4, 0.5) is 5.69 Å². The van der Waals surface area contributed by atoms with Crippen molar-refractivity contribution in [2.75, 3.05) is 25.7 Å². The van der Waals surface area contributed by atoms with E-state index in [2.05, 4.69) is 32.2 Å². The van der Waals surface area contributed by atoms with Crippen molar-refractivity contribution in [2.45, 2.75) is 43.7 Å². The Hall–Kier alpha value is -2.15. The number of rotatable bonds is 5. The zero-order valence-electron chi connectivity index (χ0n) is 18.4. The molecule has 160 valence electrons. The van der Waals surface area contributed by atoms with E-state index in [1.54, 1.807) is 12.0 Å². The van der Waals surface area contributed by atoms with Crippen LogP contribution in [-0.4, -0.2) is 46.0 Å². The fraction of sp³-hybridized carbons (Fsp3) is 0.458. The Kier molecular flexibility index (Phi) is 5.29. The van der Waals surface area contributed by atoms with Crippen molar-refractivity contribution in [2.24, 2.45) is 5.92 Å². The highest BCUT2D eigenvalue weighted by Gasteiger charge is 2.65. The number of carbonyl (C=O) groups is 1. The van der Waals surface area contributed by atoms with Crippen LogP contribution < -0.4 is 14.8 Å². The lowest BCUT2D eigenvalue weighted by Crippen LogP contribution is -2.51. The topological polar surface area (TPSA) is 59.0 Å². The number of hydrogen-bond donors (Lipinski definition) is 1. The van der Waals surface area contributed by atoms with Gasteiger partial charge < -0.3 is 19.5 Å². The number of benzene rings is 2. The Morgan fingerprint density at radius 3 is 2.47 bits per heavy atom. The minimum atomic E-state index is -2.07. The van der Waals surface area contributed by atoms with Crippen LogP contribution in [0.15, 0.2) is 48.5 Å². The molecule has 4 atom stereocenters. The summed E-state index contributed by atoms with van der Waals surface area (Å²) in [6, 6.07) is 16.2. The van der Waals surface area contributed by atoms with E-state index in [1.807, 2.05) is 43.4 Å². The molecule has 1 saturated heterocycles. The molecule has 2 aliphatic heterocycles. The van der Waals surface area contributed by atoms with Crippen molar-refractivity contribution in [1.29, 1.82) is 0 Å². The van der Waals surface area contributed by atoms with Crippen LogP contribution in [0, 0.1) is 5.92 Å². The van der Waals surface area contributed by atoms with Gasteiger partial charge in [0, 0.05) is 25.1 Å². The first-order chi connectivity index (χ1) is 14.3. The molecule has 0 unspecified atom stereocenters. The predicted molar refractivity (Wildman–Crippen MR) is 121 cm³/mol. The monoisotopic (exact) mass is 425 g/mol. The van der Waals surface area contributed by atoms with Gasteiger partial charge in [-0.25, -0.2) is 0 Å². The number of likely N-dealkylation sites (N-methyl/N-ethyl adjacent to an activating group) is 1. The van der Waals surface area contributed by atoms with Crippen molar-refractivity contribution < 1.29 is 19.4 Å². The van der Waals surface area contributed by atoms with Gasteiger partial charge in [-0.1, -0.05) is 55.5 Å². The Morgan fingerprint density at radius 2 is 1.83 bits per heavy atom. The fourth-order valence-corrected chi connectivity index (χ4v) is 9.83. The summed E-state index contributed by atoms with van der Waals surface area (Å²) in [7, 11) is 1.42. The van der Waals surface area contributed by atoms with Gasteiger partial charge in [-0.05, 0) is 30.2 Å². The molecule has 2 aromatic rings. The average Bonchev–Trinajstić information content (AvgIpc) is 3.16. The molecule has 1 fully saturated rings. The maximum Gasteiger partial charge on any atom is 0.264 e. The van der Waals surface area contributed by atoms with Gasteiger partial charge in [0.1, 0.15) is 5.75 Å². The Bertz CT molecular complexity index is 944. The Labute approximate surface area is 179 Å². The van der Waals surface area contributed by atoms with E-state index < -0.39 is 13.7 Å². The van der Waals surface area contributed by atoms with Crippen LogP contribution in [0.5, 0.6) is 5.75 Å². The smallest absolute Gasteiger partial charge is 0.264 e. The number of amides is 1. The van der Waals surface area contributed by atoms with Crippen molar-refractivity contribution in [1.82, 2.24) is 0 Å². The second kappa shape index (κ2) is 7.52. The molecular formula is C24H31NO4Si. The van der Waals surface area contributed by atoms with Crippen molar-refractivity contribution in [3.05, 3.63) is 54.1 Å². The lowest BCUT2D eigenvalue weighted by molar-refractivity contribution is -0.146. The first-order valence-electron chi connectivity index (χ1n) is 10.6. The second-order valence-corrected chi connectivity index (χ2v) is 13.7. The minimum Gasteiger partial charge on any atom is -0.497 e. The van der Waals surface area contributed by atoms with Gasteiger partial charge in [-0.3, -0.25) is 4.79 Å². The summed E-state index contributed by atoms with van der Waals surface area (Å²) in [6.45, 7) is 6.90. The number of nitrogens with zero attached hydrogens (tertiary/aromatic N) is 1. The highest BCUT2D eigenvalue weighted by atomic mass is 28.3. The van der Waals surface area contributed by atoms with Gasteiger partial charge in [-0.15, -0.1) is 0 Å². The van der Waals surface area contributed by atoms with Gasteiger partial charge in [0.25, 0.3) is 5.91 Å². The first-order valence-corrected chi connectivity index (χ1v) is 13.7. The molecule has 0 aliphatic carbocycles. The molecule has 5 nitrogen and oxygen atoms in total. The third-order valence-electron chi connectivity index (χ3n) is 7.29. The van der Waals surface area contributed by atoms with Crippen LogP contribution in [0.2, 0.25) is 18.6 Å². The van der Waals surface area contributed by atoms with Crippen molar-refractivity contribution in [3.63, 3.8) is 0 Å². The lowest BCUT2D eigenvalue weighted by atomic mass is 9.82. The maximum absolute atomic E-state index is 13.6. The molecule has 6 heteroatoms. The molecule has 0 aromatic heterocycles. The fourth-order valence-electron chi connectivity index (χ4n) is 5.77. The number of hydrogen-bond acceptors (Lipinski definition) is 4. The molecule has 0 bridgehead atoms. The molecule has 1 spiro atoms. The van der Waals surface area contributed by atoms with Crippen LogP contribution in [-0.2, 0) is 15.1 Å². The molecular weight excluding hydrogens is 394 g/mol. The van der Waals surface area contributed by atoms with Gasteiger partial charge in [-0.2, -0.15) is 0 Å². The van der Waals surface area contributed by atoms with Crippen molar-refractivity contribution in [3.8, 4) is 5.75 Å². The van der Waals surface area contributed by atoms with Gasteiger partial charge in [0.05, 0.1) is 27.0 Å². The van der Waals surface area contributed by atoms with Crippen LogP contribution in [0.25, 0.3) is 0 Å². The van der Waals surface area contributed by atoms with E-state index in [0.29, 0.717) is 6.42 Å². The lowest BCUT2D eigenvalue weighted by Gasteiger charge is -2.37. The van der Waals surface area contributed by atoms with E-state index in [0.717, 1.165) is 17.0 Å². The van der Waals surface area contributed by atoms with Crippen LogP contribution in [0.3, 0.4) is 0 Å². The molecule has 0 saturated carbocycles. The summed E-state index contributed by atoms with van der Waals surface area (Å²) in [5.74, 6) is 0.835. The van der Waals surface area contributed by atoms with Gasteiger partial charge >= 0.3 is 0 Å². The predicted octanol–water partition coefficient (Wildman–Crippen LogP) is 3.27. The number of methoxy groups -OCH3 is 1. The summed E-state index contributed by atoms with van der Waals surface area (Å²) in [4.78, 5) is 15.3. The molecule has 1 amide bonds. The zero-order chi connectivity index (χ0) is 21.7. The standard InChI is InChI=1S/C24H31NO4Si/c1-16-22(30(4,5)18-12-10-17(28-3)11-13-18)21(14-15-26)29-24(16)19-8-6-7-9-20(19)25(2)23(24)27/h6-13,16,21-22,26H,14-15H2,1-5H3/t16-,21+,22-,24+/m0/s1. The summed E-state index contributed by atoms with van der Waals surface area (Å²) >= 11 is 0. The van der Waals surface area contributed by atoms with Crippen LogP contribution >= 0.6 is 0 Å². The number of aliphatic hydroxyl groups is 1. The van der Waals surface area contributed by atoms with Crippen LogP contribution in [0.1, 0.15) is 18.9 Å². The molecule has 0 radical (unpaired) electrons. The van der Waals surface area contributed by atoms with E-state index in [1.165, 1.54) is 5.19 Å². The number of ether oxygens (including phenoxy) is 2. The normalized spacial score (nSPS) is 28.3. The molecule has 30 heavy (non-hydrogen) atoms. The molecule has 4 rings (SSSR count). The highest BCUT2D eigenvalue weighted by Crippen LogP contribution is 2.59. The Morgan fingerprint density at radius 1 is 1.17 bits per heavy atom. The summed E-state index contributed by atoms with van der Waals surface area (Å²) in [6.07, 6.45) is 0.361. The first kappa shape index (κ1) is 21.1. The van der Waals surface area contributed by atoms with E-state index in [9.17, 15) is 9.90 Å². The molecule has 2 aliphatic rings. The van der Waals surface area contributed by atoms with E-state index in [-0.39, 0.29) is 30.1 Å². The summed E-state index contributed by atoms with van der Waals surface area (Å²) < 4.78 is 12.0.